The highest BCUT2D eigenvalue weighted by atomic mass is 32.1. The molecular weight excluding hydrogens is 1880 g/mol. The largest absolute Gasteiger partial charge is 0.368 e. The van der Waals surface area contributed by atoms with Crippen LogP contribution >= 0.6 is 12.6 Å². The van der Waals surface area contributed by atoms with Gasteiger partial charge >= 0.3 is 0 Å². The number of nitrogens with one attached hydrogen (secondary N) is 19. The lowest BCUT2D eigenvalue weighted by molar-refractivity contribution is -0.136. The molecule has 816 valence electrons. The summed E-state index contributed by atoms with van der Waals surface area (Å²) in [5, 5.41) is 49.0. The third-order valence-electron chi connectivity index (χ3n) is 23.8. The van der Waals surface area contributed by atoms with Gasteiger partial charge in [0.05, 0.1) is 6.04 Å². The molecule has 0 aliphatic carbocycles. The Morgan fingerprint density at radius 1 is 0.257 bits per heavy atom. The topological polar surface area (TPSA) is 739 Å². The van der Waals surface area contributed by atoms with Crippen LogP contribution in [0.25, 0.3) is 10.9 Å². The van der Waals surface area contributed by atoms with Gasteiger partial charge in [0.25, 0.3) is 0 Å². The van der Waals surface area contributed by atoms with Crippen molar-refractivity contribution in [3.05, 3.63) is 36.0 Å². The minimum absolute atomic E-state index is 0.000226. The molecule has 0 radical (unpaired) electrons. The second-order valence-electron chi connectivity index (χ2n) is 40.1. The maximum absolute atomic E-state index is 15.0. The molecule has 1 heterocycles. The quantitative estimate of drug-likeness (QED) is 0.0257. The van der Waals surface area contributed by atoms with Crippen LogP contribution in [0.2, 0.25) is 0 Å². The molecule has 19 atom stereocenters. The van der Waals surface area contributed by atoms with Gasteiger partial charge in [-0.05, 0) is 256 Å². The maximum atomic E-state index is 15.0. The molecular formula is C98H174N26O19S. The van der Waals surface area contributed by atoms with Gasteiger partial charge in [0, 0.05) is 29.3 Å². The Balaban J connectivity index is 2.41. The average molecular weight is 2050 g/mol. The molecule has 19 amide bonds. The van der Waals surface area contributed by atoms with E-state index in [4.69, 9.17) is 40.1 Å². The number of carbonyl (C=O) groups excluding carboxylic acids is 19. The van der Waals surface area contributed by atoms with Crippen LogP contribution in [0.4, 0.5) is 0 Å². The molecule has 45 nitrogen and oxygen atoms in total. The summed E-state index contributed by atoms with van der Waals surface area (Å²) in [4.78, 5) is 270. The number of rotatable bonds is 72. The minimum Gasteiger partial charge on any atom is -0.368 e. The van der Waals surface area contributed by atoms with Crippen LogP contribution in [0.5, 0.6) is 0 Å². The number of para-hydroxylation sites is 1. The highest BCUT2D eigenvalue weighted by Crippen LogP contribution is 2.22. The molecule has 33 N–H and O–H groups in total. The smallest absolute Gasteiger partial charge is 0.243 e. The SMILES string of the molecule is CC(C)C[C@H](NC(=O)[C@H](C)NC(=O)[C@H](CCCCN)NC(=O)[C@H](CC(C)C)NC(=O)[C@H](C)NC(=O)[C@H](CC(C)C)NC(=O)[C@H](CCCCN)NC(=O)[C@H](Cc1c[nH]c2ccccc12)NC(=O)[C@H](C)NC(=O)[C@H](CC(C)C)NC(=O)[C@H](CCCCN)NC(=O)[C@@H](N)CS)C(=O)N[C@@H](CCCCN)C(=O)N[C@@H](C)C(=O)N[C@@H](C)C(=O)N[C@@H](CC(C)C)C(=O)N[C@@H](CCCCN)C(=O)N[C@@H](CC(C)C)C(=O)N[C@@H](C)C(N)=O. The zero-order valence-corrected chi connectivity index (χ0v) is 88.8. The lowest BCUT2D eigenvalue weighted by atomic mass is 10.00. The van der Waals surface area contributed by atoms with Gasteiger partial charge in [-0.3, -0.25) is 91.1 Å². The number of aromatic amines is 1. The van der Waals surface area contributed by atoms with Crippen LogP contribution in [-0.2, 0) is 97.5 Å². The van der Waals surface area contributed by atoms with Gasteiger partial charge in [0.15, 0.2) is 0 Å². The van der Waals surface area contributed by atoms with Crippen LogP contribution in [-0.4, -0.2) is 270 Å². The normalized spacial score (nSPS) is 15.5. The van der Waals surface area contributed by atoms with E-state index in [1.165, 1.54) is 41.5 Å². The third-order valence-corrected chi connectivity index (χ3v) is 24.1. The fourth-order valence-corrected chi connectivity index (χ4v) is 15.7. The number of amides is 19. The number of unbranched alkanes of at least 4 members (excludes halogenated alkanes) is 5. The number of nitrogens with two attached hydrogens (primary N) is 7. The van der Waals surface area contributed by atoms with Crippen LogP contribution < -0.4 is 136 Å². The van der Waals surface area contributed by atoms with Gasteiger partial charge in [0.1, 0.15) is 109 Å². The first-order chi connectivity index (χ1) is 67.8. The van der Waals surface area contributed by atoms with E-state index in [0.717, 1.165) is 0 Å². The molecule has 2 aromatic rings. The second-order valence-corrected chi connectivity index (χ2v) is 40.4. The zero-order valence-electron chi connectivity index (χ0n) is 87.9. The molecule has 0 saturated carbocycles. The molecule has 0 bridgehead atoms. The summed E-state index contributed by atoms with van der Waals surface area (Å²) < 4.78 is 0. The zero-order chi connectivity index (χ0) is 109. The van der Waals surface area contributed by atoms with Crippen molar-refractivity contribution < 1.29 is 91.1 Å². The summed E-state index contributed by atoms with van der Waals surface area (Å²) in [7, 11) is 0. The highest BCUT2D eigenvalue weighted by molar-refractivity contribution is 7.80. The predicted molar refractivity (Wildman–Crippen MR) is 553 cm³/mol. The summed E-state index contributed by atoms with van der Waals surface area (Å²) in [6, 6.07) is -16.8. The molecule has 46 heteroatoms. The van der Waals surface area contributed by atoms with Crippen molar-refractivity contribution in [3.8, 4) is 0 Å². The standard InChI is InChI=1S/C98H174N26O19S/c1-52(2)43-73(92(137)107-58(13)80(105)125)122-90(135)71(36-24-29-41-102)116-97(142)78(48-57(11)12)118-82(127)60(15)108-81(126)59(14)109-87(132)68(33-21-26-38-99)114-95(140)76(46-55(7)8)119-83(128)61(16)110-88(133)69(34-22-27-39-100)115-96(141)77(47-56(9)10)120-84(129)62(17)111-94(139)75(45-54(5)6)124-91(136)72(37-25-30-42-103)117-98(143)79(49-64-50-106-67-32-20-19-31-65(64)67)121-85(130)63(18)112-93(138)74(44-53(3)4)123-89(134)70(35-23-28-40-101)113-86(131)66(104)51-144/h19-20,31-32,50,52-63,66,68-79,106,144H,21-30,33-49,51,99-104H2,1-18H3,(H2,105,125)(H,107,137)(H,108,126)(H,109,132)(H,110,133)(H,111,139)(H,112,138)(H,113,131)(H,114,140)(H,115,141)(H,116,142)(H,117,143)(H,118,127)(H,119,128)(H,120,129)(H,121,130)(H,122,135)(H,123,134)(H,124,136)/t58-,59-,60-,61-,62-,63-,66-,68-,69-,70-,71-,72-,73-,74-,75-,76-,77-,78-,79-/m0/s1. The van der Waals surface area contributed by atoms with E-state index in [1.807, 2.05) is 45.9 Å². The molecule has 144 heavy (non-hydrogen) atoms. The van der Waals surface area contributed by atoms with E-state index in [2.05, 4.69) is 113 Å². The Labute approximate surface area is 854 Å². The van der Waals surface area contributed by atoms with Crippen LogP contribution in [0, 0.1) is 35.5 Å². The van der Waals surface area contributed by atoms with Crippen molar-refractivity contribution in [1.82, 2.24) is 101 Å². The molecule has 1 aromatic heterocycles. The Kier molecular flexibility index (Phi) is 61.1. The number of primary amides is 1. The first-order valence-corrected chi connectivity index (χ1v) is 51.6. The van der Waals surface area contributed by atoms with Gasteiger partial charge in [-0.2, -0.15) is 12.6 Å². The highest BCUT2D eigenvalue weighted by Gasteiger charge is 2.40. The number of fused-ring (bicyclic) bond motifs is 1. The van der Waals surface area contributed by atoms with Crippen molar-refractivity contribution in [2.24, 2.45) is 75.6 Å². The van der Waals surface area contributed by atoms with Gasteiger partial charge in [-0.25, -0.2) is 0 Å². The van der Waals surface area contributed by atoms with Crippen molar-refractivity contribution >= 4 is 136 Å². The van der Waals surface area contributed by atoms with Crippen molar-refractivity contribution in [1.29, 1.82) is 0 Å². The Morgan fingerprint density at radius 3 is 0.701 bits per heavy atom. The van der Waals surface area contributed by atoms with Crippen molar-refractivity contribution in [2.45, 2.75) is 381 Å². The average Bonchev–Trinajstić information content (AvgIpc) is 1.66. The van der Waals surface area contributed by atoms with Gasteiger partial charge in [0.2, 0.25) is 112 Å². The van der Waals surface area contributed by atoms with E-state index in [-0.39, 0.29) is 144 Å². The first kappa shape index (κ1) is 129. The number of carbonyl (C=O) groups is 19. The fraction of sp³-hybridized carbons (Fsp3) is 0.724. The maximum Gasteiger partial charge on any atom is 0.243 e. The number of aromatic nitrogens is 1. The third kappa shape index (κ3) is 49.1. The Bertz CT molecular complexity index is 4440. The second kappa shape index (κ2) is 68.2. The van der Waals surface area contributed by atoms with E-state index >= 15 is 0 Å². The van der Waals surface area contributed by atoms with Gasteiger partial charge in [-0.15, -0.1) is 0 Å². The molecule has 0 aliphatic heterocycles. The molecule has 0 aliphatic rings. The summed E-state index contributed by atoms with van der Waals surface area (Å²) in [5.41, 5.74) is 41.8. The molecule has 0 unspecified atom stereocenters. The predicted octanol–water partition coefficient (Wildman–Crippen LogP) is -1.78. The van der Waals surface area contributed by atoms with E-state index in [9.17, 15) is 91.1 Å². The van der Waals surface area contributed by atoms with E-state index in [0.29, 0.717) is 87.2 Å². The van der Waals surface area contributed by atoms with Crippen LogP contribution in [0.15, 0.2) is 30.5 Å². The lowest BCUT2D eigenvalue weighted by Gasteiger charge is -2.28. The molecule has 1 aromatic carbocycles. The van der Waals surface area contributed by atoms with Crippen LogP contribution in [0.3, 0.4) is 0 Å². The molecule has 0 saturated heterocycles. The molecule has 0 fully saturated rings. The number of benzene rings is 1. The summed E-state index contributed by atoms with van der Waals surface area (Å²) >= 11 is 4.11. The number of hydrogen-bond acceptors (Lipinski definition) is 26. The first-order valence-electron chi connectivity index (χ1n) is 50.9. The summed E-state index contributed by atoms with van der Waals surface area (Å²) in [6.07, 6.45) is 6.30. The molecule has 2 rings (SSSR count). The molecule has 0 spiro atoms. The Hall–Kier alpha value is -11.2. The van der Waals surface area contributed by atoms with E-state index in [1.54, 1.807) is 67.7 Å². The van der Waals surface area contributed by atoms with Crippen LogP contribution in [0.1, 0.15) is 265 Å². The Morgan fingerprint density at radius 2 is 0.451 bits per heavy atom. The summed E-state index contributed by atoms with van der Waals surface area (Å²) in [6.45, 7) is 31.1. The van der Waals surface area contributed by atoms with Crippen molar-refractivity contribution in [3.63, 3.8) is 0 Å². The summed E-state index contributed by atoms with van der Waals surface area (Å²) in [5.74, 6) is -16.0. The lowest BCUT2D eigenvalue weighted by Crippen LogP contribution is -2.61. The monoisotopic (exact) mass is 2050 g/mol. The number of thiol groups is 1. The minimum atomic E-state index is -1.42. The van der Waals surface area contributed by atoms with E-state index < -0.39 is 227 Å². The van der Waals surface area contributed by atoms with Crippen molar-refractivity contribution in [2.75, 3.05) is 38.5 Å². The fourth-order valence-electron chi connectivity index (χ4n) is 15.5. The van der Waals surface area contributed by atoms with Gasteiger partial charge < -0.3 is 141 Å². The number of H-pyrrole nitrogens is 1. The number of hydrogen-bond donors (Lipinski definition) is 27. The van der Waals surface area contributed by atoms with Gasteiger partial charge in [-0.1, -0.05) is 101 Å².